The number of aryl methyl sites for hydroxylation is 2. The average Bonchev–Trinajstić information content (AvgIpc) is 3.29. The van der Waals surface area contributed by atoms with E-state index in [1.165, 1.54) is 4.88 Å². The van der Waals surface area contributed by atoms with Crippen molar-refractivity contribution >= 4 is 28.6 Å². The summed E-state index contributed by atoms with van der Waals surface area (Å²) in [6.07, 6.45) is 5.09. The summed E-state index contributed by atoms with van der Waals surface area (Å²) < 4.78 is 2.07. The normalized spacial score (nSPS) is 10.9. The lowest BCUT2D eigenvalue weighted by Crippen LogP contribution is -2.26. The predicted molar refractivity (Wildman–Crippen MR) is 98.1 cm³/mol. The molecule has 0 saturated heterocycles. The molecule has 0 aliphatic carbocycles. The molecular formula is C17H20N4OS2. The molecule has 3 heterocycles. The highest BCUT2D eigenvalue weighted by Crippen LogP contribution is 2.28. The summed E-state index contributed by atoms with van der Waals surface area (Å²) in [5, 5.41) is 5.11. The van der Waals surface area contributed by atoms with E-state index in [1.54, 1.807) is 33.8 Å². The van der Waals surface area contributed by atoms with Crippen LogP contribution in [0.2, 0.25) is 0 Å². The van der Waals surface area contributed by atoms with Crippen LogP contribution in [0.5, 0.6) is 0 Å². The Hall–Kier alpha value is -1.99. The number of thiophene rings is 1. The van der Waals surface area contributed by atoms with Gasteiger partial charge in [-0.3, -0.25) is 4.79 Å². The van der Waals surface area contributed by atoms with Crippen LogP contribution in [0.15, 0.2) is 35.3 Å². The van der Waals surface area contributed by atoms with E-state index in [0.29, 0.717) is 13.0 Å². The third kappa shape index (κ3) is 4.10. The lowest BCUT2D eigenvalue weighted by molar-refractivity contribution is -0.130. The van der Waals surface area contributed by atoms with Gasteiger partial charge in [0.05, 0.1) is 17.1 Å². The maximum absolute atomic E-state index is 12.3. The van der Waals surface area contributed by atoms with Crippen molar-refractivity contribution in [3.05, 3.63) is 46.8 Å². The highest BCUT2D eigenvalue weighted by atomic mass is 32.1. The van der Waals surface area contributed by atoms with E-state index in [0.717, 1.165) is 29.5 Å². The molecule has 0 aliphatic heterocycles. The summed E-state index contributed by atoms with van der Waals surface area (Å²) in [4.78, 5) is 24.0. The molecule has 0 saturated carbocycles. The molecule has 0 atom stereocenters. The minimum atomic E-state index is 0.151. The first-order chi connectivity index (χ1) is 11.6. The SMILES string of the molecule is Cc1nccn1CCCC(=O)N(C)Cc1csc(-c2cccs2)n1. The molecule has 0 radical (unpaired) electrons. The van der Waals surface area contributed by atoms with E-state index in [1.807, 2.05) is 37.0 Å². The van der Waals surface area contributed by atoms with Gasteiger partial charge in [-0.1, -0.05) is 6.07 Å². The van der Waals surface area contributed by atoms with Gasteiger partial charge in [-0.15, -0.1) is 22.7 Å². The fourth-order valence-corrected chi connectivity index (χ4v) is 4.08. The number of rotatable bonds is 7. The lowest BCUT2D eigenvalue weighted by Gasteiger charge is -2.16. The van der Waals surface area contributed by atoms with Crippen molar-refractivity contribution in [2.24, 2.45) is 0 Å². The molecular weight excluding hydrogens is 340 g/mol. The van der Waals surface area contributed by atoms with E-state index >= 15 is 0 Å². The van der Waals surface area contributed by atoms with Gasteiger partial charge in [0.25, 0.3) is 0 Å². The Morgan fingerprint density at radius 1 is 1.38 bits per heavy atom. The number of amides is 1. The van der Waals surface area contributed by atoms with Crippen molar-refractivity contribution in [1.82, 2.24) is 19.4 Å². The monoisotopic (exact) mass is 360 g/mol. The molecule has 0 bridgehead atoms. The van der Waals surface area contributed by atoms with Gasteiger partial charge < -0.3 is 9.47 Å². The molecule has 7 heteroatoms. The fraction of sp³-hybridized carbons (Fsp3) is 0.353. The second-order valence-corrected chi connectivity index (χ2v) is 7.45. The third-order valence-corrected chi connectivity index (χ3v) is 5.75. The summed E-state index contributed by atoms with van der Waals surface area (Å²) in [6, 6.07) is 4.10. The fourth-order valence-electron chi connectivity index (χ4n) is 2.46. The summed E-state index contributed by atoms with van der Waals surface area (Å²) in [6.45, 7) is 3.36. The Bertz CT molecular complexity index is 791. The molecule has 0 N–H and O–H groups in total. The number of hydrogen-bond donors (Lipinski definition) is 0. The van der Waals surface area contributed by atoms with E-state index in [-0.39, 0.29) is 5.91 Å². The molecule has 5 nitrogen and oxygen atoms in total. The maximum Gasteiger partial charge on any atom is 0.222 e. The number of carbonyl (C=O) groups excluding carboxylic acids is 1. The van der Waals surface area contributed by atoms with Crippen LogP contribution in [0, 0.1) is 6.92 Å². The molecule has 1 amide bonds. The molecule has 3 aromatic heterocycles. The Kier molecular flexibility index (Phi) is 5.42. The number of thiazole rings is 1. The van der Waals surface area contributed by atoms with Crippen molar-refractivity contribution in [3.8, 4) is 9.88 Å². The highest BCUT2D eigenvalue weighted by molar-refractivity contribution is 7.20. The van der Waals surface area contributed by atoms with Crippen molar-refractivity contribution in [2.75, 3.05) is 7.05 Å². The Balaban J connectivity index is 1.48. The van der Waals surface area contributed by atoms with Crippen molar-refractivity contribution in [1.29, 1.82) is 0 Å². The topological polar surface area (TPSA) is 51.0 Å². The number of nitrogens with zero attached hydrogens (tertiary/aromatic N) is 4. The molecule has 0 unspecified atom stereocenters. The zero-order valence-corrected chi connectivity index (χ0v) is 15.4. The van der Waals surface area contributed by atoms with Gasteiger partial charge in [-0.2, -0.15) is 0 Å². The lowest BCUT2D eigenvalue weighted by atomic mass is 10.2. The average molecular weight is 361 g/mol. The summed E-state index contributed by atoms with van der Waals surface area (Å²) in [7, 11) is 1.84. The molecule has 0 aromatic carbocycles. The Morgan fingerprint density at radius 3 is 2.96 bits per heavy atom. The number of aromatic nitrogens is 3. The van der Waals surface area contributed by atoms with Gasteiger partial charge in [0.2, 0.25) is 5.91 Å². The molecule has 24 heavy (non-hydrogen) atoms. The van der Waals surface area contributed by atoms with Crippen LogP contribution in [-0.2, 0) is 17.9 Å². The van der Waals surface area contributed by atoms with Crippen LogP contribution in [0.4, 0.5) is 0 Å². The van der Waals surface area contributed by atoms with Crippen LogP contribution < -0.4 is 0 Å². The quantitative estimate of drug-likeness (QED) is 0.644. The number of carbonyl (C=O) groups is 1. The molecule has 3 aromatic rings. The van der Waals surface area contributed by atoms with Gasteiger partial charge in [0.1, 0.15) is 10.8 Å². The third-order valence-electron chi connectivity index (χ3n) is 3.82. The Morgan fingerprint density at radius 2 is 2.25 bits per heavy atom. The van der Waals surface area contributed by atoms with Gasteiger partial charge in [-0.25, -0.2) is 9.97 Å². The molecule has 0 fully saturated rings. The minimum absolute atomic E-state index is 0.151. The smallest absolute Gasteiger partial charge is 0.222 e. The minimum Gasteiger partial charge on any atom is -0.340 e. The summed E-state index contributed by atoms with van der Waals surface area (Å²) in [5.74, 6) is 1.14. The first-order valence-electron chi connectivity index (χ1n) is 7.83. The van der Waals surface area contributed by atoms with Gasteiger partial charge in [0, 0.05) is 37.8 Å². The standard InChI is InChI=1S/C17H20N4OS2/c1-13-18-7-9-21(13)8-3-6-16(22)20(2)11-14-12-24-17(19-14)15-5-4-10-23-15/h4-5,7,9-10,12H,3,6,8,11H2,1-2H3. The summed E-state index contributed by atoms with van der Waals surface area (Å²) in [5.41, 5.74) is 0.949. The zero-order chi connectivity index (χ0) is 16.9. The second kappa shape index (κ2) is 7.72. The molecule has 0 aliphatic rings. The van der Waals surface area contributed by atoms with E-state index in [9.17, 15) is 4.79 Å². The van der Waals surface area contributed by atoms with Crippen LogP contribution >= 0.6 is 22.7 Å². The Labute approximate surface area is 149 Å². The first-order valence-corrected chi connectivity index (χ1v) is 9.59. The predicted octanol–water partition coefficient (Wildman–Crippen LogP) is 3.82. The van der Waals surface area contributed by atoms with Crippen molar-refractivity contribution < 1.29 is 4.79 Å². The van der Waals surface area contributed by atoms with Crippen LogP contribution in [0.1, 0.15) is 24.4 Å². The number of imidazole rings is 1. The van der Waals surface area contributed by atoms with Gasteiger partial charge in [-0.05, 0) is 24.8 Å². The maximum atomic E-state index is 12.3. The van der Waals surface area contributed by atoms with E-state index in [2.05, 4.69) is 20.6 Å². The largest absolute Gasteiger partial charge is 0.340 e. The first kappa shape index (κ1) is 16.9. The molecule has 3 rings (SSSR count). The van der Waals surface area contributed by atoms with Crippen molar-refractivity contribution in [3.63, 3.8) is 0 Å². The zero-order valence-electron chi connectivity index (χ0n) is 13.8. The van der Waals surface area contributed by atoms with Crippen molar-refractivity contribution in [2.45, 2.75) is 32.9 Å². The van der Waals surface area contributed by atoms with Gasteiger partial charge >= 0.3 is 0 Å². The summed E-state index contributed by atoms with van der Waals surface area (Å²) >= 11 is 3.32. The van der Waals surface area contributed by atoms with E-state index < -0.39 is 0 Å². The highest BCUT2D eigenvalue weighted by Gasteiger charge is 2.12. The molecule has 0 spiro atoms. The van der Waals surface area contributed by atoms with Crippen LogP contribution in [-0.4, -0.2) is 32.4 Å². The number of hydrogen-bond acceptors (Lipinski definition) is 5. The van der Waals surface area contributed by atoms with Gasteiger partial charge in [0.15, 0.2) is 0 Å². The van der Waals surface area contributed by atoms with Crippen LogP contribution in [0.3, 0.4) is 0 Å². The second-order valence-electron chi connectivity index (χ2n) is 5.64. The van der Waals surface area contributed by atoms with E-state index in [4.69, 9.17) is 0 Å². The van der Waals surface area contributed by atoms with Crippen LogP contribution in [0.25, 0.3) is 9.88 Å². The molecule has 126 valence electrons.